The van der Waals surface area contributed by atoms with E-state index in [0.717, 1.165) is 38.1 Å². The molecule has 0 aromatic rings. The summed E-state index contributed by atoms with van der Waals surface area (Å²) >= 11 is 0. The molecule has 0 bridgehead atoms. The van der Waals surface area contributed by atoms with E-state index in [1.165, 1.54) is 12.8 Å². The van der Waals surface area contributed by atoms with E-state index in [1.54, 1.807) is 0 Å². The SMILES string of the molecule is CC1CCC(NC(=O)CN2CCCC2CO)CC1. The maximum absolute atomic E-state index is 12.0. The van der Waals surface area contributed by atoms with Crippen LogP contribution in [0.2, 0.25) is 0 Å². The number of aliphatic hydroxyl groups is 1. The monoisotopic (exact) mass is 254 g/mol. The molecule has 0 radical (unpaired) electrons. The van der Waals surface area contributed by atoms with Gasteiger partial charge in [-0.05, 0) is 51.0 Å². The summed E-state index contributed by atoms with van der Waals surface area (Å²) in [4.78, 5) is 14.1. The predicted octanol–water partition coefficient (Wildman–Crippen LogP) is 1.14. The van der Waals surface area contributed by atoms with Crippen molar-refractivity contribution in [2.75, 3.05) is 19.7 Å². The van der Waals surface area contributed by atoms with Crippen molar-refractivity contribution in [3.63, 3.8) is 0 Å². The van der Waals surface area contributed by atoms with Gasteiger partial charge in [0, 0.05) is 12.1 Å². The number of carbonyl (C=O) groups excluding carboxylic acids is 1. The Balaban J connectivity index is 1.71. The number of hydrogen-bond donors (Lipinski definition) is 2. The third-order valence-corrected chi connectivity index (χ3v) is 4.44. The predicted molar refractivity (Wildman–Crippen MR) is 71.2 cm³/mol. The molecular weight excluding hydrogens is 228 g/mol. The average molecular weight is 254 g/mol. The number of aliphatic hydroxyl groups excluding tert-OH is 1. The Morgan fingerprint density at radius 1 is 1.28 bits per heavy atom. The van der Waals surface area contributed by atoms with Crippen LogP contribution in [0.1, 0.15) is 45.4 Å². The fraction of sp³-hybridized carbons (Fsp3) is 0.929. The van der Waals surface area contributed by atoms with Crippen molar-refractivity contribution in [3.05, 3.63) is 0 Å². The number of likely N-dealkylation sites (tertiary alicyclic amines) is 1. The van der Waals surface area contributed by atoms with Gasteiger partial charge in [0.15, 0.2) is 0 Å². The lowest BCUT2D eigenvalue weighted by Gasteiger charge is -2.28. The van der Waals surface area contributed by atoms with Crippen molar-refractivity contribution in [1.29, 1.82) is 0 Å². The van der Waals surface area contributed by atoms with Gasteiger partial charge in [0.2, 0.25) is 5.91 Å². The average Bonchev–Trinajstić information content (AvgIpc) is 2.79. The fourth-order valence-electron chi connectivity index (χ4n) is 3.17. The van der Waals surface area contributed by atoms with Gasteiger partial charge in [-0.2, -0.15) is 0 Å². The van der Waals surface area contributed by atoms with Gasteiger partial charge in [-0.3, -0.25) is 9.69 Å². The van der Waals surface area contributed by atoms with Crippen molar-refractivity contribution < 1.29 is 9.90 Å². The van der Waals surface area contributed by atoms with Crippen molar-refractivity contribution in [3.8, 4) is 0 Å². The van der Waals surface area contributed by atoms with E-state index in [4.69, 9.17) is 0 Å². The topological polar surface area (TPSA) is 52.6 Å². The first-order valence-corrected chi connectivity index (χ1v) is 7.33. The zero-order valence-corrected chi connectivity index (χ0v) is 11.4. The minimum absolute atomic E-state index is 0.134. The summed E-state index contributed by atoms with van der Waals surface area (Å²) in [6.07, 6.45) is 6.82. The second-order valence-corrected chi connectivity index (χ2v) is 5.97. The number of amides is 1. The third kappa shape index (κ3) is 3.69. The minimum Gasteiger partial charge on any atom is -0.395 e. The summed E-state index contributed by atoms with van der Waals surface area (Å²) in [7, 11) is 0. The van der Waals surface area contributed by atoms with Crippen LogP contribution >= 0.6 is 0 Å². The molecule has 1 aliphatic carbocycles. The first-order valence-electron chi connectivity index (χ1n) is 7.33. The van der Waals surface area contributed by atoms with Gasteiger partial charge >= 0.3 is 0 Å². The molecule has 1 atom stereocenters. The van der Waals surface area contributed by atoms with Crippen LogP contribution in [-0.4, -0.2) is 47.7 Å². The standard InChI is InChI=1S/C14H26N2O2/c1-11-4-6-12(7-5-11)15-14(18)9-16-8-2-3-13(16)10-17/h11-13,17H,2-10H2,1H3,(H,15,18). The second-order valence-electron chi connectivity index (χ2n) is 5.97. The molecule has 2 fully saturated rings. The van der Waals surface area contributed by atoms with E-state index in [2.05, 4.69) is 17.1 Å². The first-order chi connectivity index (χ1) is 8.69. The van der Waals surface area contributed by atoms with Gasteiger partial charge < -0.3 is 10.4 Å². The largest absolute Gasteiger partial charge is 0.395 e. The van der Waals surface area contributed by atoms with E-state index < -0.39 is 0 Å². The molecule has 104 valence electrons. The normalized spacial score (nSPS) is 33.6. The summed E-state index contributed by atoms with van der Waals surface area (Å²) in [5, 5.41) is 12.4. The molecule has 0 aromatic heterocycles. The molecule has 0 spiro atoms. The highest BCUT2D eigenvalue weighted by Crippen LogP contribution is 2.23. The zero-order chi connectivity index (χ0) is 13.0. The Hall–Kier alpha value is -0.610. The van der Waals surface area contributed by atoms with Crippen molar-refractivity contribution in [2.45, 2.75) is 57.5 Å². The minimum atomic E-state index is 0.134. The molecule has 4 heteroatoms. The molecule has 2 aliphatic rings. The molecule has 1 unspecified atom stereocenters. The molecular formula is C14H26N2O2. The quantitative estimate of drug-likeness (QED) is 0.791. The van der Waals surface area contributed by atoms with Gasteiger partial charge in [0.1, 0.15) is 0 Å². The van der Waals surface area contributed by atoms with Crippen LogP contribution in [0.5, 0.6) is 0 Å². The van der Waals surface area contributed by atoms with Crippen molar-refractivity contribution >= 4 is 5.91 Å². The number of rotatable bonds is 4. The first kappa shape index (κ1) is 13.8. The van der Waals surface area contributed by atoms with E-state index in [-0.39, 0.29) is 18.6 Å². The van der Waals surface area contributed by atoms with Crippen molar-refractivity contribution in [2.24, 2.45) is 5.92 Å². The number of nitrogens with one attached hydrogen (secondary N) is 1. The zero-order valence-electron chi connectivity index (χ0n) is 11.4. The third-order valence-electron chi connectivity index (χ3n) is 4.44. The molecule has 2 rings (SSSR count). The molecule has 0 aromatic carbocycles. The highest BCUT2D eigenvalue weighted by atomic mass is 16.3. The van der Waals surface area contributed by atoms with Gasteiger partial charge in [0.25, 0.3) is 0 Å². The fourth-order valence-corrected chi connectivity index (χ4v) is 3.17. The molecule has 1 saturated carbocycles. The van der Waals surface area contributed by atoms with Crippen LogP contribution in [-0.2, 0) is 4.79 Å². The summed E-state index contributed by atoms with van der Waals surface area (Å²) in [5.74, 6) is 0.949. The van der Waals surface area contributed by atoms with E-state index in [9.17, 15) is 9.90 Å². The van der Waals surface area contributed by atoms with Crippen molar-refractivity contribution in [1.82, 2.24) is 10.2 Å². The Morgan fingerprint density at radius 3 is 2.67 bits per heavy atom. The summed E-state index contributed by atoms with van der Waals surface area (Å²) in [5.41, 5.74) is 0. The van der Waals surface area contributed by atoms with Crippen LogP contribution < -0.4 is 5.32 Å². The number of nitrogens with zero attached hydrogens (tertiary/aromatic N) is 1. The Labute approximate surface area is 110 Å². The van der Waals surface area contributed by atoms with Gasteiger partial charge in [-0.25, -0.2) is 0 Å². The molecule has 4 nitrogen and oxygen atoms in total. The molecule has 2 N–H and O–H groups in total. The smallest absolute Gasteiger partial charge is 0.234 e. The molecule has 1 aliphatic heterocycles. The molecule has 1 amide bonds. The van der Waals surface area contributed by atoms with Crippen LogP contribution in [0.15, 0.2) is 0 Å². The maximum Gasteiger partial charge on any atom is 0.234 e. The molecule has 1 saturated heterocycles. The summed E-state index contributed by atoms with van der Waals surface area (Å²) < 4.78 is 0. The van der Waals surface area contributed by atoms with E-state index in [0.29, 0.717) is 12.6 Å². The lowest BCUT2D eigenvalue weighted by Crippen LogP contribution is -2.45. The van der Waals surface area contributed by atoms with Crippen LogP contribution in [0.3, 0.4) is 0 Å². The van der Waals surface area contributed by atoms with Crippen LogP contribution in [0, 0.1) is 5.92 Å². The number of carbonyl (C=O) groups is 1. The van der Waals surface area contributed by atoms with Crippen LogP contribution in [0.25, 0.3) is 0 Å². The number of hydrogen-bond acceptors (Lipinski definition) is 3. The highest BCUT2D eigenvalue weighted by Gasteiger charge is 2.26. The lowest BCUT2D eigenvalue weighted by atomic mass is 9.87. The van der Waals surface area contributed by atoms with Gasteiger partial charge in [-0.15, -0.1) is 0 Å². The Morgan fingerprint density at radius 2 is 2.00 bits per heavy atom. The van der Waals surface area contributed by atoms with E-state index >= 15 is 0 Å². The Bertz CT molecular complexity index is 275. The summed E-state index contributed by atoms with van der Waals surface area (Å²) in [6, 6.07) is 0.575. The molecule has 18 heavy (non-hydrogen) atoms. The molecule has 1 heterocycles. The Kier molecular flexibility index (Phi) is 5.01. The maximum atomic E-state index is 12.0. The summed E-state index contributed by atoms with van der Waals surface area (Å²) in [6.45, 7) is 3.86. The van der Waals surface area contributed by atoms with Gasteiger partial charge in [0.05, 0.1) is 13.2 Å². The van der Waals surface area contributed by atoms with E-state index in [1.807, 2.05) is 0 Å². The second kappa shape index (κ2) is 6.53. The highest BCUT2D eigenvalue weighted by molar-refractivity contribution is 5.78. The lowest BCUT2D eigenvalue weighted by molar-refractivity contribution is -0.123. The van der Waals surface area contributed by atoms with Crippen LogP contribution in [0.4, 0.5) is 0 Å². The van der Waals surface area contributed by atoms with Gasteiger partial charge in [-0.1, -0.05) is 6.92 Å².